The summed E-state index contributed by atoms with van der Waals surface area (Å²) < 4.78 is 6.19. The van der Waals surface area contributed by atoms with E-state index < -0.39 is 5.60 Å². The predicted molar refractivity (Wildman–Crippen MR) is 82.9 cm³/mol. The summed E-state index contributed by atoms with van der Waals surface area (Å²) in [7, 11) is 0. The number of carbonyl (C=O) groups excluding carboxylic acids is 1. The van der Waals surface area contributed by atoms with Gasteiger partial charge in [0, 0.05) is 4.83 Å². The second-order valence-corrected chi connectivity index (χ2v) is 9.37. The zero-order valence-corrected chi connectivity index (χ0v) is 15.6. The molecule has 0 fully saturated rings. The Bertz CT molecular complexity index is 299. The fourth-order valence-electron chi connectivity index (χ4n) is 1.18. The summed E-state index contributed by atoms with van der Waals surface area (Å²) >= 11 is 10.2. The van der Waals surface area contributed by atoms with Crippen LogP contribution in [0.25, 0.3) is 0 Å². The van der Waals surface area contributed by atoms with Crippen LogP contribution in [0.2, 0.25) is 0 Å². The molecule has 0 saturated heterocycles. The third-order valence-corrected chi connectivity index (χ3v) is 4.07. The van der Waals surface area contributed by atoms with E-state index in [9.17, 15) is 4.79 Å². The first-order valence-electron chi connectivity index (χ1n) is 5.33. The third-order valence-electron chi connectivity index (χ3n) is 2.04. The van der Waals surface area contributed by atoms with E-state index in [4.69, 9.17) is 4.74 Å². The minimum Gasteiger partial charge on any atom is -0.460 e. The lowest BCUT2D eigenvalue weighted by Gasteiger charge is -2.29. The molecule has 1 unspecified atom stereocenters. The lowest BCUT2D eigenvalue weighted by molar-refractivity contribution is -0.157. The molecule has 0 aliphatic heterocycles. The van der Waals surface area contributed by atoms with Gasteiger partial charge in [0.05, 0.1) is 9.81 Å². The number of ether oxygens (including phenoxy) is 1. The maximum atomic E-state index is 11.8. The highest BCUT2D eigenvalue weighted by atomic mass is 79.9. The van der Waals surface area contributed by atoms with E-state index >= 15 is 0 Å². The predicted octanol–water partition coefficient (Wildman–Crippen LogP) is 5.14. The highest BCUT2D eigenvalue weighted by Crippen LogP contribution is 2.34. The van der Waals surface area contributed by atoms with E-state index in [1.807, 2.05) is 40.7 Å². The fourth-order valence-corrected chi connectivity index (χ4v) is 2.85. The number of hydrogen-bond donors (Lipinski definition) is 0. The minimum absolute atomic E-state index is 0.0799. The Morgan fingerprint density at radius 1 is 1.24 bits per heavy atom. The number of alkyl halides is 1. The third kappa shape index (κ3) is 8.38. The Labute approximate surface area is 129 Å². The van der Waals surface area contributed by atoms with Gasteiger partial charge in [-0.25, -0.2) is 0 Å². The molecule has 1 atom stereocenters. The number of halogens is 3. The van der Waals surface area contributed by atoms with Crippen LogP contribution in [0.3, 0.4) is 0 Å². The lowest BCUT2D eigenvalue weighted by Crippen LogP contribution is -2.31. The molecule has 0 bridgehead atoms. The summed E-state index contributed by atoms with van der Waals surface area (Å²) in [4.78, 5) is 11.9. The van der Waals surface area contributed by atoms with Gasteiger partial charge in [0.25, 0.3) is 0 Å². The van der Waals surface area contributed by atoms with Crippen molar-refractivity contribution < 1.29 is 9.53 Å². The molecule has 0 radical (unpaired) electrons. The molecule has 0 N–H and O–H groups in total. The summed E-state index contributed by atoms with van der Waals surface area (Å²) in [5.41, 5.74) is -0.643. The van der Waals surface area contributed by atoms with Crippen molar-refractivity contribution in [3.05, 3.63) is 9.47 Å². The highest BCUT2D eigenvalue weighted by Gasteiger charge is 2.31. The van der Waals surface area contributed by atoms with E-state index in [0.717, 1.165) is 3.39 Å². The highest BCUT2D eigenvalue weighted by molar-refractivity contribution is 9.28. The quantitative estimate of drug-likeness (QED) is 0.452. The van der Waals surface area contributed by atoms with Crippen molar-refractivity contribution in [3.8, 4) is 0 Å². The van der Waals surface area contributed by atoms with Crippen LogP contribution in [-0.2, 0) is 9.53 Å². The summed E-state index contributed by atoms with van der Waals surface area (Å²) in [6, 6.07) is 0. The van der Waals surface area contributed by atoms with Gasteiger partial charge in [-0.2, -0.15) is 0 Å². The summed E-state index contributed by atoms with van der Waals surface area (Å²) in [6.45, 7) is 9.67. The fraction of sp³-hybridized carbons (Fsp3) is 0.750. The Morgan fingerprint density at radius 2 is 1.71 bits per heavy atom. The molecule has 0 aliphatic rings. The van der Waals surface area contributed by atoms with E-state index in [0.29, 0.717) is 6.42 Å². The van der Waals surface area contributed by atoms with Gasteiger partial charge < -0.3 is 4.74 Å². The van der Waals surface area contributed by atoms with Gasteiger partial charge in [-0.3, -0.25) is 4.79 Å². The van der Waals surface area contributed by atoms with Crippen molar-refractivity contribution in [2.45, 2.75) is 51.5 Å². The molecule has 0 amide bonds. The largest absolute Gasteiger partial charge is 0.460 e. The standard InChI is InChI=1S/C12H19Br3O2/c1-11(2,3)17-10(16)7-12(4,5)8(13)6-9(14)15/h6,8H,7H2,1-5H3. The zero-order chi connectivity index (χ0) is 13.9. The smallest absolute Gasteiger partial charge is 0.306 e. The van der Waals surface area contributed by atoms with Gasteiger partial charge in [-0.15, -0.1) is 0 Å². The van der Waals surface area contributed by atoms with Crippen LogP contribution in [0.15, 0.2) is 9.47 Å². The average molecular weight is 435 g/mol. The van der Waals surface area contributed by atoms with Crippen LogP contribution in [-0.4, -0.2) is 16.4 Å². The molecule has 0 aromatic rings. The van der Waals surface area contributed by atoms with Crippen LogP contribution in [0.1, 0.15) is 41.0 Å². The van der Waals surface area contributed by atoms with Gasteiger partial charge in [-0.05, 0) is 64.1 Å². The molecule has 100 valence electrons. The zero-order valence-electron chi connectivity index (χ0n) is 10.8. The molecule has 5 heteroatoms. The van der Waals surface area contributed by atoms with Crippen molar-refractivity contribution >= 4 is 53.8 Å². The monoisotopic (exact) mass is 432 g/mol. The molecular formula is C12H19Br3O2. The Morgan fingerprint density at radius 3 is 2.06 bits per heavy atom. The molecule has 0 heterocycles. The molecule has 0 saturated carbocycles. The first kappa shape index (κ1) is 17.6. The maximum Gasteiger partial charge on any atom is 0.306 e. The number of esters is 1. The molecule has 2 nitrogen and oxygen atoms in total. The average Bonchev–Trinajstić information content (AvgIpc) is 1.96. The summed E-state index contributed by atoms with van der Waals surface area (Å²) in [6.07, 6.45) is 2.33. The maximum absolute atomic E-state index is 11.8. The number of allylic oxidation sites excluding steroid dienone is 1. The normalized spacial score (nSPS) is 14.1. The van der Waals surface area contributed by atoms with Crippen molar-refractivity contribution in [3.63, 3.8) is 0 Å². The Balaban J connectivity index is 4.55. The lowest BCUT2D eigenvalue weighted by atomic mass is 9.85. The van der Waals surface area contributed by atoms with Gasteiger partial charge in [-0.1, -0.05) is 29.8 Å². The van der Waals surface area contributed by atoms with Gasteiger partial charge in [0.1, 0.15) is 5.60 Å². The Hall–Kier alpha value is 0.650. The van der Waals surface area contributed by atoms with Crippen molar-refractivity contribution in [2.75, 3.05) is 0 Å². The first-order chi connectivity index (χ1) is 7.44. The van der Waals surface area contributed by atoms with E-state index in [1.54, 1.807) is 0 Å². The minimum atomic E-state index is -0.430. The van der Waals surface area contributed by atoms with Crippen LogP contribution in [0.5, 0.6) is 0 Å². The summed E-state index contributed by atoms with van der Waals surface area (Å²) in [5.74, 6) is -0.175. The second kappa shape index (κ2) is 6.71. The van der Waals surface area contributed by atoms with Crippen LogP contribution >= 0.6 is 47.8 Å². The van der Waals surface area contributed by atoms with Crippen molar-refractivity contribution in [1.29, 1.82) is 0 Å². The Kier molecular flexibility index (Phi) is 6.97. The van der Waals surface area contributed by atoms with Gasteiger partial charge in [0.15, 0.2) is 0 Å². The first-order valence-corrected chi connectivity index (χ1v) is 7.83. The number of hydrogen-bond acceptors (Lipinski definition) is 2. The number of carbonyl (C=O) groups is 1. The van der Waals surface area contributed by atoms with Crippen molar-refractivity contribution in [1.82, 2.24) is 0 Å². The topological polar surface area (TPSA) is 26.3 Å². The molecule has 0 rings (SSSR count). The van der Waals surface area contributed by atoms with Gasteiger partial charge in [0.2, 0.25) is 0 Å². The molecule has 0 spiro atoms. The molecule has 0 aromatic heterocycles. The van der Waals surface area contributed by atoms with E-state index in [-0.39, 0.29) is 16.2 Å². The molecule has 0 aromatic carbocycles. The van der Waals surface area contributed by atoms with Crippen LogP contribution < -0.4 is 0 Å². The van der Waals surface area contributed by atoms with Crippen molar-refractivity contribution in [2.24, 2.45) is 5.41 Å². The SMILES string of the molecule is CC(C)(C)OC(=O)CC(C)(C)C(Br)C=C(Br)Br. The number of rotatable bonds is 4. The van der Waals surface area contributed by atoms with Gasteiger partial charge >= 0.3 is 5.97 Å². The van der Waals surface area contributed by atoms with E-state index in [2.05, 4.69) is 47.8 Å². The molecular weight excluding hydrogens is 416 g/mol. The molecule has 17 heavy (non-hydrogen) atoms. The second-order valence-electron chi connectivity index (χ2n) is 5.61. The van der Waals surface area contributed by atoms with Crippen LogP contribution in [0.4, 0.5) is 0 Å². The summed E-state index contributed by atoms with van der Waals surface area (Å²) in [5, 5.41) is 0. The van der Waals surface area contributed by atoms with Crippen LogP contribution in [0, 0.1) is 5.41 Å². The molecule has 0 aliphatic carbocycles. The van der Waals surface area contributed by atoms with E-state index in [1.165, 1.54) is 0 Å².